The smallest absolute Gasteiger partial charge is 0.160 e. The van der Waals surface area contributed by atoms with Crippen molar-refractivity contribution in [2.24, 2.45) is 0 Å². The Labute approximate surface area is 322 Å². The van der Waals surface area contributed by atoms with Crippen LogP contribution in [0.15, 0.2) is 199 Å². The first-order valence-corrected chi connectivity index (χ1v) is 18.7. The molecule has 11 aromatic rings. The van der Waals surface area contributed by atoms with Crippen molar-refractivity contribution in [2.75, 3.05) is 0 Å². The molecule has 7 aromatic carbocycles. The van der Waals surface area contributed by atoms with Crippen LogP contribution in [0.4, 0.5) is 0 Å². The van der Waals surface area contributed by atoms with Gasteiger partial charge in [0.25, 0.3) is 0 Å². The first-order chi connectivity index (χ1) is 27.7. The zero-order valence-electron chi connectivity index (χ0n) is 30.2. The number of benzene rings is 7. The van der Waals surface area contributed by atoms with Gasteiger partial charge >= 0.3 is 0 Å². The summed E-state index contributed by atoms with van der Waals surface area (Å²) in [6.45, 7) is 0. The SMILES string of the molecule is c1ccc(-c2nc(-c3cc(-c4ccncc4)cc(-c4ccc5c(c4)c4ccccc4n5-c4ccccc4)c3)cc(-c3ccc4c(c3)oc3ccccc34)n2)cc1. The van der Waals surface area contributed by atoms with Crippen LogP contribution in [0.5, 0.6) is 0 Å². The molecule has 5 nitrogen and oxygen atoms in total. The normalized spacial score (nSPS) is 11.6. The monoisotopic (exact) mass is 716 g/mol. The van der Waals surface area contributed by atoms with Gasteiger partial charge in [0.05, 0.1) is 22.4 Å². The van der Waals surface area contributed by atoms with Crippen molar-refractivity contribution in [2.45, 2.75) is 0 Å². The van der Waals surface area contributed by atoms with Crippen molar-refractivity contribution < 1.29 is 4.42 Å². The molecule has 262 valence electrons. The lowest BCUT2D eigenvalue weighted by atomic mass is 9.94. The molecule has 4 heterocycles. The summed E-state index contributed by atoms with van der Waals surface area (Å²) in [6.07, 6.45) is 3.69. The number of para-hydroxylation sites is 3. The minimum Gasteiger partial charge on any atom is -0.456 e. The predicted molar refractivity (Wildman–Crippen MR) is 229 cm³/mol. The molecular formula is C51H32N4O. The molecule has 0 spiro atoms. The Morgan fingerprint density at radius 2 is 0.982 bits per heavy atom. The molecule has 11 rings (SSSR count). The molecule has 5 heteroatoms. The number of rotatable bonds is 6. The molecule has 0 atom stereocenters. The van der Waals surface area contributed by atoms with E-state index >= 15 is 0 Å². The van der Waals surface area contributed by atoms with E-state index in [4.69, 9.17) is 14.4 Å². The molecule has 0 unspecified atom stereocenters. The second-order valence-corrected chi connectivity index (χ2v) is 14.1. The zero-order chi connectivity index (χ0) is 37.0. The molecule has 0 saturated carbocycles. The third kappa shape index (κ3) is 5.45. The Hall–Kier alpha value is -7.63. The van der Waals surface area contributed by atoms with Crippen LogP contribution in [0, 0.1) is 0 Å². The number of furan rings is 1. The van der Waals surface area contributed by atoms with Crippen LogP contribution in [0.25, 0.3) is 106 Å². The van der Waals surface area contributed by atoms with E-state index < -0.39 is 0 Å². The number of nitrogens with zero attached hydrogens (tertiary/aromatic N) is 4. The highest BCUT2D eigenvalue weighted by atomic mass is 16.3. The molecule has 0 bridgehead atoms. The highest BCUT2D eigenvalue weighted by molar-refractivity contribution is 6.10. The second kappa shape index (κ2) is 13.0. The van der Waals surface area contributed by atoms with E-state index in [0.717, 1.165) is 78.0 Å². The van der Waals surface area contributed by atoms with Crippen molar-refractivity contribution in [3.05, 3.63) is 194 Å². The number of aromatic nitrogens is 4. The van der Waals surface area contributed by atoms with Crippen LogP contribution in [0.3, 0.4) is 0 Å². The molecule has 56 heavy (non-hydrogen) atoms. The summed E-state index contributed by atoms with van der Waals surface area (Å²) < 4.78 is 8.66. The first-order valence-electron chi connectivity index (χ1n) is 18.7. The summed E-state index contributed by atoms with van der Waals surface area (Å²) in [7, 11) is 0. The average molecular weight is 717 g/mol. The summed E-state index contributed by atoms with van der Waals surface area (Å²) in [5.74, 6) is 0.661. The van der Waals surface area contributed by atoms with Gasteiger partial charge in [-0.3, -0.25) is 4.98 Å². The topological polar surface area (TPSA) is 56.7 Å². The number of hydrogen-bond donors (Lipinski definition) is 0. The van der Waals surface area contributed by atoms with Gasteiger partial charge in [-0.2, -0.15) is 0 Å². The van der Waals surface area contributed by atoms with Crippen molar-refractivity contribution in [3.8, 4) is 61.8 Å². The molecular weight excluding hydrogens is 685 g/mol. The fourth-order valence-corrected chi connectivity index (χ4v) is 8.01. The van der Waals surface area contributed by atoms with E-state index in [1.165, 1.54) is 21.8 Å². The van der Waals surface area contributed by atoms with E-state index in [1.807, 2.05) is 48.8 Å². The fourth-order valence-electron chi connectivity index (χ4n) is 8.01. The van der Waals surface area contributed by atoms with E-state index in [2.05, 4.69) is 155 Å². The average Bonchev–Trinajstić information content (AvgIpc) is 3.82. The van der Waals surface area contributed by atoms with Crippen LogP contribution < -0.4 is 0 Å². The number of pyridine rings is 1. The third-order valence-electron chi connectivity index (χ3n) is 10.7. The molecule has 0 aliphatic heterocycles. The lowest BCUT2D eigenvalue weighted by Gasteiger charge is -2.13. The van der Waals surface area contributed by atoms with Gasteiger partial charge in [-0.1, -0.05) is 97.1 Å². The van der Waals surface area contributed by atoms with Gasteiger partial charge in [0.2, 0.25) is 0 Å². The molecule has 0 amide bonds. The van der Waals surface area contributed by atoms with Crippen LogP contribution in [-0.2, 0) is 0 Å². The maximum absolute atomic E-state index is 6.31. The minimum absolute atomic E-state index is 0.661. The summed E-state index contributed by atoms with van der Waals surface area (Å²) in [5.41, 5.74) is 14.1. The van der Waals surface area contributed by atoms with Gasteiger partial charge in [0.15, 0.2) is 5.82 Å². The quantitative estimate of drug-likeness (QED) is 0.172. The fraction of sp³-hybridized carbons (Fsp3) is 0. The van der Waals surface area contributed by atoms with Crippen molar-refractivity contribution in [1.29, 1.82) is 0 Å². The molecule has 0 fully saturated rings. The Morgan fingerprint density at radius 3 is 1.80 bits per heavy atom. The lowest BCUT2D eigenvalue weighted by molar-refractivity contribution is 0.669. The van der Waals surface area contributed by atoms with Gasteiger partial charge < -0.3 is 8.98 Å². The van der Waals surface area contributed by atoms with Crippen molar-refractivity contribution >= 4 is 43.7 Å². The highest BCUT2D eigenvalue weighted by Gasteiger charge is 2.17. The predicted octanol–water partition coefficient (Wildman–Crippen LogP) is 13.2. The van der Waals surface area contributed by atoms with Crippen LogP contribution in [0.1, 0.15) is 0 Å². The van der Waals surface area contributed by atoms with Gasteiger partial charge in [-0.05, 0) is 107 Å². The zero-order valence-corrected chi connectivity index (χ0v) is 30.2. The maximum atomic E-state index is 6.31. The molecule has 0 radical (unpaired) electrons. The molecule has 4 aromatic heterocycles. The van der Waals surface area contributed by atoms with Gasteiger partial charge in [0, 0.05) is 56.3 Å². The number of hydrogen-bond acceptors (Lipinski definition) is 4. The highest BCUT2D eigenvalue weighted by Crippen LogP contribution is 2.39. The van der Waals surface area contributed by atoms with Gasteiger partial charge in [-0.25, -0.2) is 9.97 Å². The van der Waals surface area contributed by atoms with Gasteiger partial charge in [0.1, 0.15) is 11.2 Å². The van der Waals surface area contributed by atoms with Crippen molar-refractivity contribution in [3.63, 3.8) is 0 Å². The maximum Gasteiger partial charge on any atom is 0.160 e. The Bertz CT molecular complexity index is 3240. The second-order valence-electron chi connectivity index (χ2n) is 14.1. The van der Waals surface area contributed by atoms with E-state index in [9.17, 15) is 0 Å². The van der Waals surface area contributed by atoms with Crippen molar-refractivity contribution in [1.82, 2.24) is 19.5 Å². The van der Waals surface area contributed by atoms with Crippen LogP contribution in [0.2, 0.25) is 0 Å². The van der Waals surface area contributed by atoms with Gasteiger partial charge in [-0.15, -0.1) is 0 Å². The third-order valence-corrected chi connectivity index (χ3v) is 10.7. The van der Waals surface area contributed by atoms with E-state index in [0.29, 0.717) is 5.82 Å². The van der Waals surface area contributed by atoms with Crippen LogP contribution in [-0.4, -0.2) is 19.5 Å². The summed E-state index contributed by atoms with van der Waals surface area (Å²) in [5, 5.41) is 4.61. The summed E-state index contributed by atoms with van der Waals surface area (Å²) in [4.78, 5) is 14.7. The Kier molecular flexibility index (Phi) is 7.42. The number of fused-ring (bicyclic) bond motifs is 6. The Balaban J connectivity index is 1.12. The standard InChI is InChI=1S/C51H32N4O/c1-3-11-34(12-4-1)51-53-45(36-19-21-43-42-16-8-10-18-49(42)56-50(43)31-36)32-46(54-51)39-28-37(33-23-25-52-26-24-33)27-38(29-39)35-20-22-48-44(30-35)41-15-7-9-17-47(41)55(48)40-13-5-2-6-14-40/h1-32H. The molecule has 0 saturated heterocycles. The molecule has 0 aliphatic carbocycles. The largest absolute Gasteiger partial charge is 0.456 e. The van der Waals surface area contributed by atoms with Crippen LogP contribution >= 0.6 is 0 Å². The summed E-state index contributed by atoms with van der Waals surface area (Å²) >= 11 is 0. The first kappa shape index (κ1) is 31.9. The summed E-state index contributed by atoms with van der Waals surface area (Å²) in [6, 6.07) is 63.7. The van der Waals surface area contributed by atoms with E-state index in [-0.39, 0.29) is 0 Å². The minimum atomic E-state index is 0.661. The van der Waals surface area contributed by atoms with E-state index in [1.54, 1.807) is 0 Å². The lowest BCUT2D eigenvalue weighted by Crippen LogP contribution is -1.96. The Morgan fingerprint density at radius 1 is 0.357 bits per heavy atom. The molecule has 0 aliphatic rings. The molecule has 0 N–H and O–H groups in total.